The highest BCUT2D eigenvalue weighted by atomic mass is 19.4. The van der Waals surface area contributed by atoms with Crippen molar-refractivity contribution in [3.05, 3.63) is 59.9 Å². The number of anilines is 3. The lowest BCUT2D eigenvalue weighted by Crippen LogP contribution is -2.16. The van der Waals surface area contributed by atoms with Gasteiger partial charge in [0.15, 0.2) is 0 Å². The Morgan fingerprint density at radius 1 is 1.10 bits per heavy atom. The van der Waals surface area contributed by atoms with Crippen molar-refractivity contribution in [2.45, 2.75) is 39.4 Å². The molecule has 2 aromatic heterocycles. The summed E-state index contributed by atoms with van der Waals surface area (Å²) in [6.45, 7) is 5.47. The number of benzene rings is 1. The maximum atomic E-state index is 13.2. The van der Waals surface area contributed by atoms with Crippen LogP contribution >= 0.6 is 0 Å². The molecule has 5 nitrogen and oxygen atoms in total. The summed E-state index contributed by atoms with van der Waals surface area (Å²) in [6, 6.07) is 9.60. The van der Waals surface area contributed by atoms with Crippen molar-refractivity contribution in [1.29, 1.82) is 0 Å². The highest BCUT2D eigenvalue weighted by Gasteiger charge is 2.32. The average molecular weight is 401 g/mol. The monoisotopic (exact) mass is 401 g/mol. The van der Waals surface area contributed by atoms with Crippen molar-refractivity contribution in [2.75, 3.05) is 10.6 Å². The minimum absolute atomic E-state index is 0.142. The number of aryl methyl sites for hydroxylation is 1. The van der Waals surface area contributed by atoms with Crippen LogP contribution < -0.4 is 10.6 Å². The standard InChI is InChI=1S/C21H22F3N5/c1-4-14(3)26-20-28-18(15-6-5-9-25-12-15)11-19(29-20)27-16-8-7-13(2)17(10-16)21(22,23)24/h5-12,14H,4H2,1-3H3,(H2,26,27,28,29)/t14-/m1/s1. The van der Waals surface area contributed by atoms with Gasteiger partial charge in [0.05, 0.1) is 11.3 Å². The van der Waals surface area contributed by atoms with E-state index in [0.29, 0.717) is 23.1 Å². The third kappa shape index (κ3) is 5.22. The maximum Gasteiger partial charge on any atom is 0.416 e. The van der Waals surface area contributed by atoms with E-state index in [-0.39, 0.29) is 11.6 Å². The zero-order chi connectivity index (χ0) is 21.0. The van der Waals surface area contributed by atoms with Gasteiger partial charge in [0.25, 0.3) is 0 Å². The van der Waals surface area contributed by atoms with Gasteiger partial charge in [-0.1, -0.05) is 13.0 Å². The van der Waals surface area contributed by atoms with Gasteiger partial charge in [0.1, 0.15) is 5.82 Å². The molecule has 1 aromatic carbocycles. The number of hydrogen-bond acceptors (Lipinski definition) is 5. The lowest BCUT2D eigenvalue weighted by atomic mass is 10.1. The predicted octanol–water partition coefficient (Wildman–Crippen LogP) is 5.82. The summed E-state index contributed by atoms with van der Waals surface area (Å²) in [5.74, 6) is 0.785. The number of nitrogens with one attached hydrogen (secondary N) is 2. The van der Waals surface area contributed by atoms with Crippen molar-refractivity contribution in [3.8, 4) is 11.3 Å². The van der Waals surface area contributed by atoms with Crippen LogP contribution in [0.3, 0.4) is 0 Å². The molecule has 0 spiro atoms. The molecule has 0 amide bonds. The number of hydrogen-bond donors (Lipinski definition) is 2. The summed E-state index contributed by atoms with van der Waals surface area (Å²) in [5, 5.41) is 6.18. The molecule has 0 bridgehead atoms. The molecule has 2 heterocycles. The first-order valence-electron chi connectivity index (χ1n) is 9.27. The molecule has 8 heteroatoms. The van der Waals surface area contributed by atoms with Crippen LogP contribution in [0.1, 0.15) is 31.4 Å². The van der Waals surface area contributed by atoms with Gasteiger partial charge in [0, 0.05) is 35.8 Å². The quantitative estimate of drug-likeness (QED) is 0.545. The molecule has 3 rings (SSSR count). The van der Waals surface area contributed by atoms with Gasteiger partial charge in [0.2, 0.25) is 5.95 Å². The molecule has 29 heavy (non-hydrogen) atoms. The fourth-order valence-corrected chi connectivity index (χ4v) is 2.71. The number of halogens is 3. The van der Waals surface area contributed by atoms with E-state index in [1.54, 1.807) is 30.6 Å². The molecule has 0 saturated heterocycles. The third-order valence-electron chi connectivity index (χ3n) is 4.49. The van der Waals surface area contributed by atoms with Crippen molar-refractivity contribution in [2.24, 2.45) is 0 Å². The zero-order valence-electron chi connectivity index (χ0n) is 16.4. The van der Waals surface area contributed by atoms with E-state index in [1.807, 2.05) is 19.9 Å². The lowest BCUT2D eigenvalue weighted by molar-refractivity contribution is -0.138. The minimum atomic E-state index is -4.42. The van der Waals surface area contributed by atoms with E-state index in [2.05, 4.69) is 25.6 Å². The van der Waals surface area contributed by atoms with Gasteiger partial charge in [-0.25, -0.2) is 4.98 Å². The third-order valence-corrected chi connectivity index (χ3v) is 4.49. The molecular weight excluding hydrogens is 379 g/mol. The molecule has 0 aliphatic carbocycles. The Labute approximate surface area is 167 Å². The normalized spacial score (nSPS) is 12.5. The first kappa shape index (κ1) is 20.6. The van der Waals surface area contributed by atoms with Crippen LogP contribution in [0.15, 0.2) is 48.8 Å². The van der Waals surface area contributed by atoms with Crippen LogP contribution in [-0.4, -0.2) is 21.0 Å². The second-order valence-corrected chi connectivity index (χ2v) is 6.81. The summed E-state index contributed by atoms with van der Waals surface area (Å²) in [5.41, 5.74) is 1.19. The largest absolute Gasteiger partial charge is 0.416 e. The molecule has 0 aliphatic rings. The molecule has 2 N–H and O–H groups in total. The summed E-state index contributed by atoms with van der Waals surface area (Å²) >= 11 is 0. The first-order chi connectivity index (χ1) is 13.8. The molecule has 1 atom stereocenters. The molecule has 3 aromatic rings. The van der Waals surface area contributed by atoms with Crippen molar-refractivity contribution in [1.82, 2.24) is 15.0 Å². The van der Waals surface area contributed by atoms with Gasteiger partial charge < -0.3 is 10.6 Å². The fraction of sp³-hybridized carbons (Fsp3) is 0.286. The SMILES string of the molecule is CC[C@@H](C)Nc1nc(Nc2ccc(C)c(C(F)(F)F)c2)cc(-c2cccnc2)n1. The van der Waals surface area contributed by atoms with E-state index in [9.17, 15) is 13.2 Å². The Balaban J connectivity index is 1.99. The number of nitrogens with zero attached hydrogens (tertiary/aromatic N) is 3. The van der Waals surface area contributed by atoms with Gasteiger partial charge in [-0.3, -0.25) is 4.98 Å². The van der Waals surface area contributed by atoms with Crippen molar-refractivity contribution in [3.63, 3.8) is 0 Å². The van der Waals surface area contributed by atoms with E-state index in [1.165, 1.54) is 13.0 Å². The smallest absolute Gasteiger partial charge is 0.352 e. The van der Waals surface area contributed by atoms with Crippen LogP contribution in [-0.2, 0) is 6.18 Å². The highest BCUT2D eigenvalue weighted by Crippen LogP contribution is 2.34. The zero-order valence-corrected chi connectivity index (χ0v) is 16.4. The molecule has 152 valence electrons. The van der Waals surface area contributed by atoms with Gasteiger partial charge in [-0.15, -0.1) is 0 Å². The molecule has 0 unspecified atom stereocenters. The summed E-state index contributed by atoms with van der Waals surface area (Å²) in [7, 11) is 0. The van der Waals surface area contributed by atoms with Crippen molar-refractivity contribution >= 4 is 17.5 Å². The van der Waals surface area contributed by atoms with E-state index in [0.717, 1.165) is 18.1 Å². The van der Waals surface area contributed by atoms with Crippen molar-refractivity contribution < 1.29 is 13.2 Å². The van der Waals surface area contributed by atoms with E-state index >= 15 is 0 Å². The van der Waals surface area contributed by atoms with Crippen LogP contribution in [0.25, 0.3) is 11.3 Å². The topological polar surface area (TPSA) is 62.7 Å². The number of pyridine rings is 1. The summed E-state index contributed by atoms with van der Waals surface area (Å²) < 4.78 is 39.7. The Kier molecular flexibility index (Phi) is 6.00. The van der Waals surface area contributed by atoms with Crippen LogP contribution in [0, 0.1) is 6.92 Å². The van der Waals surface area contributed by atoms with Gasteiger partial charge in [-0.05, 0) is 50.1 Å². The molecule has 0 fully saturated rings. The highest BCUT2D eigenvalue weighted by molar-refractivity contribution is 5.67. The van der Waals surface area contributed by atoms with E-state index in [4.69, 9.17) is 0 Å². The van der Waals surface area contributed by atoms with Crippen LogP contribution in [0.5, 0.6) is 0 Å². The number of rotatable bonds is 6. The Bertz CT molecular complexity index is 974. The van der Waals surface area contributed by atoms with Gasteiger partial charge >= 0.3 is 6.18 Å². The molecular formula is C21H22F3N5. The maximum absolute atomic E-state index is 13.2. The second-order valence-electron chi connectivity index (χ2n) is 6.81. The summed E-state index contributed by atoms with van der Waals surface area (Å²) in [4.78, 5) is 13.0. The summed E-state index contributed by atoms with van der Waals surface area (Å²) in [6.07, 6.45) is -0.215. The second kappa shape index (κ2) is 8.46. The van der Waals surface area contributed by atoms with Crippen LogP contribution in [0.2, 0.25) is 0 Å². The fourth-order valence-electron chi connectivity index (χ4n) is 2.71. The average Bonchev–Trinajstić information content (AvgIpc) is 2.69. The van der Waals surface area contributed by atoms with Gasteiger partial charge in [-0.2, -0.15) is 18.2 Å². The lowest BCUT2D eigenvalue weighted by Gasteiger charge is -2.16. The molecule has 0 aliphatic heterocycles. The Morgan fingerprint density at radius 2 is 1.90 bits per heavy atom. The van der Waals surface area contributed by atoms with E-state index < -0.39 is 11.7 Å². The number of alkyl halides is 3. The Morgan fingerprint density at radius 3 is 2.55 bits per heavy atom. The Hall–Kier alpha value is -3.16. The molecule has 0 radical (unpaired) electrons. The predicted molar refractivity (Wildman–Crippen MR) is 108 cm³/mol. The van der Waals surface area contributed by atoms with Crippen LogP contribution in [0.4, 0.5) is 30.6 Å². The molecule has 0 saturated carbocycles. The minimum Gasteiger partial charge on any atom is -0.352 e. The first-order valence-corrected chi connectivity index (χ1v) is 9.27. The number of aromatic nitrogens is 3.